The van der Waals surface area contributed by atoms with E-state index in [0.29, 0.717) is 11.6 Å². The Morgan fingerprint density at radius 2 is 2.00 bits per heavy atom. The predicted octanol–water partition coefficient (Wildman–Crippen LogP) is 3.83. The Morgan fingerprint density at radius 3 is 2.90 bits per heavy atom. The number of rotatable bonds is 2. The van der Waals surface area contributed by atoms with Gasteiger partial charge in [0.05, 0.1) is 17.3 Å². The smallest absolute Gasteiger partial charge is 0.142 e. The number of ether oxygens (including phenoxy) is 1. The summed E-state index contributed by atoms with van der Waals surface area (Å²) in [5.41, 5.74) is 1.89. The van der Waals surface area contributed by atoms with Gasteiger partial charge in [-0.1, -0.05) is 35.9 Å². The quantitative estimate of drug-likeness (QED) is 0.912. The van der Waals surface area contributed by atoms with Crippen molar-refractivity contribution in [2.24, 2.45) is 0 Å². The Morgan fingerprint density at radius 1 is 1.15 bits per heavy atom. The monoisotopic (exact) mass is 289 g/mol. The van der Waals surface area contributed by atoms with Gasteiger partial charge in [-0.15, -0.1) is 0 Å². The van der Waals surface area contributed by atoms with Crippen LogP contribution in [0.5, 0.6) is 11.5 Å². The van der Waals surface area contributed by atoms with Gasteiger partial charge in [-0.25, -0.2) is 0 Å². The highest BCUT2D eigenvalue weighted by Crippen LogP contribution is 2.34. The molecule has 4 heteroatoms. The highest BCUT2D eigenvalue weighted by molar-refractivity contribution is 6.32. The zero-order chi connectivity index (χ0) is 13.9. The molecule has 2 aromatic carbocycles. The van der Waals surface area contributed by atoms with Crippen LogP contribution in [0.15, 0.2) is 42.5 Å². The van der Waals surface area contributed by atoms with E-state index < -0.39 is 0 Å². The predicted molar refractivity (Wildman–Crippen MR) is 80.7 cm³/mol. The van der Waals surface area contributed by atoms with Gasteiger partial charge < -0.3 is 14.7 Å². The van der Waals surface area contributed by atoms with E-state index >= 15 is 0 Å². The second-order valence-electron chi connectivity index (χ2n) is 4.84. The summed E-state index contributed by atoms with van der Waals surface area (Å²) < 4.78 is 5.74. The molecule has 0 radical (unpaired) electrons. The summed E-state index contributed by atoms with van der Waals surface area (Å²) in [6.07, 6.45) is 0.954. The van der Waals surface area contributed by atoms with E-state index in [2.05, 4.69) is 4.90 Å². The van der Waals surface area contributed by atoms with E-state index in [0.717, 1.165) is 36.6 Å². The number of phenolic OH excluding ortho intramolecular Hbond substituents is 1. The van der Waals surface area contributed by atoms with Gasteiger partial charge in [0.25, 0.3) is 0 Å². The van der Waals surface area contributed by atoms with Crippen molar-refractivity contribution in [3.05, 3.63) is 53.1 Å². The van der Waals surface area contributed by atoms with Crippen molar-refractivity contribution in [3.8, 4) is 11.5 Å². The molecule has 0 fully saturated rings. The molecule has 0 saturated heterocycles. The topological polar surface area (TPSA) is 32.7 Å². The molecule has 104 valence electrons. The van der Waals surface area contributed by atoms with Crippen LogP contribution in [-0.2, 0) is 6.54 Å². The number of hydrogen-bond acceptors (Lipinski definition) is 3. The number of halogens is 1. The van der Waals surface area contributed by atoms with E-state index in [1.54, 1.807) is 6.07 Å². The van der Waals surface area contributed by atoms with Gasteiger partial charge in [-0.3, -0.25) is 0 Å². The first-order valence-corrected chi connectivity index (χ1v) is 7.06. The summed E-state index contributed by atoms with van der Waals surface area (Å²) in [5, 5.41) is 10.4. The van der Waals surface area contributed by atoms with Crippen molar-refractivity contribution in [1.29, 1.82) is 0 Å². The molecule has 0 saturated carbocycles. The van der Waals surface area contributed by atoms with E-state index in [1.807, 2.05) is 36.4 Å². The molecular weight excluding hydrogens is 274 g/mol. The van der Waals surface area contributed by atoms with Crippen molar-refractivity contribution in [3.63, 3.8) is 0 Å². The minimum atomic E-state index is 0.164. The maximum Gasteiger partial charge on any atom is 0.142 e. The summed E-state index contributed by atoms with van der Waals surface area (Å²) in [5.74, 6) is 1.06. The van der Waals surface area contributed by atoms with Gasteiger partial charge >= 0.3 is 0 Å². The lowest BCUT2D eigenvalue weighted by Gasteiger charge is -2.24. The van der Waals surface area contributed by atoms with Crippen LogP contribution in [0.25, 0.3) is 0 Å². The molecule has 20 heavy (non-hydrogen) atoms. The van der Waals surface area contributed by atoms with E-state index in [4.69, 9.17) is 16.3 Å². The molecule has 1 N–H and O–H groups in total. The molecule has 0 bridgehead atoms. The molecule has 2 aromatic rings. The fraction of sp³-hybridized carbons (Fsp3) is 0.250. The molecule has 0 atom stereocenters. The Balaban J connectivity index is 1.92. The van der Waals surface area contributed by atoms with Crippen LogP contribution in [0.3, 0.4) is 0 Å². The van der Waals surface area contributed by atoms with Crippen molar-refractivity contribution in [2.75, 3.05) is 18.1 Å². The summed E-state index contributed by atoms with van der Waals surface area (Å²) in [6, 6.07) is 13.4. The molecule has 0 aliphatic carbocycles. The summed E-state index contributed by atoms with van der Waals surface area (Å²) in [6.45, 7) is 2.23. The molecule has 0 spiro atoms. The maximum atomic E-state index is 10.1. The molecule has 1 aliphatic rings. The molecular formula is C16H16ClNO2. The number of para-hydroxylation sites is 3. The number of hydrogen-bond donors (Lipinski definition) is 1. The van der Waals surface area contributed by atoms with E-state index in [1.165, 1.54) is 0 Å². The van der Waals surface area contributed by atoms with E-state index in [-0.39, 0.29) is 5.75 Å². The standard InChI is InChI=1S/C16H16ClNO2/c17-13-6-3-5-12(16(13)19)11-18-9-4-10-20-15-8-2-1-7-14(15)18/h1-3,5-8,19H,4,9-11H2. The average Bonchev–Trinajstić information content (AvgIpc) is 2.67. The number of nitrogens with zero attached hydrogens (tertiary/aromatic N) is 1. The summed E-state index contributed by atoms with van der Waals surface area (Å²) in [7, 11) is 0. The lowest BCUT2D eigenvalue weighted by Crippen LogP contribution is -2.23. The number of anilines is 1. The number of aromatic hydroxyl groups is 1. The third-order valence-corrected chi connectivity index (χ3v) is 3.77. The van der Waals surface area contributed by atoms with E-state index in [9.17, 15) is 5.11 Å². The highest BCUT2D eigenvalue weighted by atomic mass is 35.5. The van der Waals surface area contributed by atoms with Crippen LogP contribution in [-0.4, -0.2) is 18.3 Å². The zero-order valence-corrected chi connectivity index (χ0v) is 11.8. The third kappa shape index (κ3) is 2.54. The Hall–Kier alpha value is -1.87. The van der Waals surface area contributed by atoms with Gasteiger partial charge in [0.2, 0.25) is 0 Å². The van der Waals surface area contributed by atoms with Crippen molar-refractivity contribution >= 4 is 17.3 Å². The van der Waals surface area contributed by atoms with Crippen molar-refractivity contribution < 1.29 is 9.84 Å². The van der Waals surface area contributed by atoms with Crippen LogP contribution < -0.4 is 9.64 Å². The zero-order valence-electron chi connectivity index (χ0n) is 11.1. The fourth-order valence-corrected chi connectivity index (χ4v) is 2.65. The largest absolute Gasteiger partial charge is 0.506 e. The fourth-order valence-electron chi connectivity index (χ4n) is 2.46. The van der Waals surface area contributed by atoms with Crippen molar-refractivity contribution in [1.82, 2.24) is 0 Å². The molecule has 0 aromatic heterocycles. The lowest BCUT2D eigenvalue weighted by molar-refractivity contribution is 0.322. The van der Waals surface area contributed by atoms with Gasteiger partial charge in [0.1, 0.15) is 11.5 Å². The first-order chi connectivity index (χ1) is 9.75. The number of benzene rings is 2. The number of phenols is 1. The minimum Gasteiger partial charge on any atom is -0.506 e. The minimum absolute atomic E-state index is 0.164. The van der Waals surface area contributed by atoms with Crippen LogP contribution in [0.2, 0.25) is 5.02 Å². The molecule has 0 amide bonds. The summed E-state index contributed by atoms with van der Waals surface area (Å²) >= 11 is 5.97. The number of fused-ring (bicyclic) bond motifs is 1. The maximum absolute atomic E-state index is 10.1. The van der Waals surface area contributed by atoms with Crippen LogP contribution >= 0.6 is 11.6 Å². The second-order valence-corrected chi connectivity index (χ2v) is 5.25. The highest BCUT2D eigenvalue weighted by Gasteiger charge is 2.17. The van der Waals surface area contributed by atoms with Crippen LogP contribution in [0.1, 0.15) is 12.0 Å². The van der Waals surface area contributed by atoms with Crippen LogP contribution in [0, 0.1) is 0 Å². The average molecular weight is 290 g/mol. The van der Waals surface area contributed by atoms with Gasteiger partial charge in [-0.05, 0) is 24.6 Å². The third-order valence-electron chi connectivity index (χ3n) is 3.47. The van der Waals surface area contributed by atoms with Gasteiger partial charge in [0.15, 0.2) is 0 Å². The Kier molecular flexibility index (Phi) is 3.70. The molecule has 1 aliphatic heterocycles. The van der Waals surface area contributed by atoms with Crippen molar-refractivity contribution in [2.45, 2.75) is 13.0 Å². The normalized spacial score (nSPS) is 14.3. The molecule has 3 nitrogen and oxygen atoms in total. The SMILES string of the molecule is Oc1c(Cl)cccc1CN1CCCOc2ccccc21. The van der Waals surface area contributed by atoms with Crippen LogP contribution in [0.4, 0.5) is 5.69 Å². The summed E-state index contributed by atoms with van der Waals surface area (Å²) in [4.78, 5) is 2.22. The first-order valence-electron chi connectivity index (χ1n) is 6.69. The van der Waals surface area contributed by atoms with Gasteiger partial charge in [-0.2, -0.15) is 0 Å². The lowest BCUT2D eigenvalue weighted by atomic mass is 10.1. The Labute approximate surface area is 123 Å². The molecule has 0 unspecified atom stereocenters. The molecule has 1 heterocycles. The Bertz CT molecular complexity index is 615. The second kappa shape index (κ2) is 5.63. The first kappa shape index (κ1) is 13.1. The molecule has 3 rings (SSSR count). The van der Waals surface area contributed by atoms with Gasteiger partial charge in [0, 0.05) is 18.7 Å².